The summed E-state index contributed by atoms with van der Waals surface area (Å²) < 4.78 is 73.7. The maximum Gasteiger partial charge on any atom is 0.417 e. The molecule has 2 N–H and O–H groups in total. The van der Waals surface area contributed by atoms with Crippen LogP contribution in [0.4, 0.5) is 43.9 Å². The smallest absolute Gasteiger partial charge is 0.417 e. The zero-order valence-corrected chi connectivity index (χ0v) is 22.1. The van der Waals surface area contributed by atoms with Gasteiger partial charge in [0, 0.05) is 36.0 Å². The fraction of sp³-hybridized carbons (Fsp3) is 0.167. The normalized spacial score (nSPS) is 12.9. The number of hydrogen-bond acceptors (Lipinski definition) is 5. The highest BCUT2D eigenvalue weighted by Gasteiger charge is 2.35. The zero-order valence-electron chi connectivity index (χ0n) is 22.1. The first kappa shape index (κ1) is 28.5. The zero-order chi connectivity index (χ0) is 30.0. The van der Waals surface area contributed by atoms with E-state index in [-0.39, 0.29) is 29.9 Å². The average molecular weight is 583 g/mol. The van der Waals surface area contributed by atoms with Crippen molar-refractivity contribution < 1.29 is 36.3 Å². The molecule has 0 fully saturated rings. The number of ether oxygens (including phenoxy) is 1. The maximum atomic E-state index is 15.1. The van der Waals surface area contributed by atoms with Crippen LogP contribution in [0.15, 0.2) is 72.9 Å². The van der Waals surface area contributed by atoms with Gasteiger partial charge in [-0.3, -0.25) is 10.1 Å². The minimum absolute atomic E-state index is 0.0379. The van der Waals surface area contributed by atoms with Gasteiger partial charge in [0.05, 0.1) is 24.9 Å². The Hall–Kier alpha value is -5.00. The topological polar surface area (TPSA) is 83.6 Å². The largest absolute Gasteiger partial charge is 0.497 e. The Kier molecular flexibility index (Phi) is 7.79. The molecule has 2 amide bonds. The third-order valence-electron chi connectivity index (χ3n) is 6.70. The molecular formula is C30H23F5N4O3. The van der Waals surface area contributed by atoms with E-state index in [4.69, 9.17) is 4.74 Å². The van der Waals surface area contributed by atoms with E-state index in [9.17, 15) is 27.2 Å². The highest BCUT2D eigenvalue weighted by Crippen LogP contribution is 2.34. The number of urea groups is 1. The number of nitrogens with zero attached hydrogens (tertiary/aromatic N) is 2. The number of carbonyl (C=O) groups is 2. The first-order valence-corrected chi connectivity index (χ1v) is 12.6. The number of halogens is 5. The van der Waals surface area contributed by atoms with Crippen molar-refractivity contribution in [3.63, 3.8) is 0 Å². The Morgan fingerprint density at radius 1 is 1.00 bits per heavy atom. The van der Waals surface area contributed by atoms with Gasteiger partial charge in [0.15, 0.2) is 5.78 Å². The van der Waals surface area contributed by atoms with Crippen LogP contribution in [0.1, 0.15) is 32.6 Å². The SMILES string of the molecule is COc1ccc(CN2Cc3c(Nc4ccc(CC(=O)c5ccc(F)cc5C(F)(F)F)cc4F)ccnc3NC2=O)cc1. The second-order valence-electron chi connectivity index (χ2n) is 9.55. The van der Waals surface area contributed by atoms with E-state index in [1.165, 1.54) is 18.3 Å². The summed E-state index contributed by atoms with van der Waals surface area (Å²) in [5, 5.41) is 5.71. The number of aromatic nitrogens is 1. The monoisotopic (exact) mass is 582 g/mol. The number of hydrogen-bond donors (Lipinski definition) is 2. The number of ketones is 1. The lowest BCUT2D eigenvalue weighted by Gasteiger charge is -2.30. The molecule has 12 heteroatoms. The van der Waals surface area contributed by atoms with Gasteiger partial charge in [0.1, 0.15) is 23.2 Å². The van der Waals surface area contributed by atoms with Gasteiger partial charge in [-0.05, 0) is 59.7 Å². The molecule has 0 radical (unpaired) electrons. The number of fused-ring (bicyclic) bond motifs is 1. The van der Waals surface area contributed by atoms with E-state index in [2.05, 4.69) is 15.6 Å². The number of carbonyl (C=O) groups excluding carboxylic acids is 2. The van der Waals surface area contributed by atoms with Gasteiger partial charge in [-0.1, -0.05) is 18.2 Å². The summed E-state index contributed by atoms with van der Waals surface area (Å²) in [5.41, 5.74) is 0.0416. The van der Waals surface area contributed by atoms with Gasteiger partial charge >= 0.3 is 12.2 Å². The van der Waals surface area contributed by atoms with Crippen molar-refractivity contribution in [2.24, 2.45) is 0 Å². The molecule has 4 aromatic rings. The summed E-state index contributed by atoms with van der Waals surface area (Å²) in [7, 11) is 1.56. The highest BCUT2D eigenvalue weighted by atomic mass is 19.4. The molecule has 1 aromatic heterocycles. The lowest BCUT2D eigenvalue weighted by atomic mass is 9.97. The van der Waals surface area contributed by atoms with Crippen molar-refractivity contribution in [2.45, 2.75) is 25.7 Å². The van der Waals surface area contributed by atoms with E-state index < -0.39 is 41.1 Å². The second-order valence-corrected chi connectivity index (χ2v) is 9.55. The van der Waals surface area contributed by atoms with Gasteiger partial charge < -0.3 is 15.0 Å². The number of rotatable bonds is 8. The number of alkyl halides is 3. The fourth-order valence-electron chi connectivity index (χ4n) is 4.59. The van der Waals surface area contributed by atoms with Crippen molar-refractivity contribution in [3.8, 4) is 5.75 Å². The van der Waals surface area contributed by atoms with Gasteiger partial charge in [-0.15, -0.1) is 0 Å². The van der Waals surface area contributed by atoms with Crippen molar-refractivity contribution in [3.05, 3.63) is 112 Å². The molecule has 0 aliphatic carbocycles. The third-order valence-corrected chi connectivity index (χ3v) is 6.70. The standard InChI is InChI=1S/C30H23F5N4O3/c1-42-20-6-2-17(3-7-20)15-39-16-22-25(10-11-36-28(22)38-29(39)41)37-26-9-4-18(12-24(26)32)13-27(40)21-8-5-19(31)14-23(21)30(33,34)35/h2-12,14H,13,15-16H2,1H3,(H2,36,37,38,41). The van der Waals surface area contributed by atoms with Gasteiger partial charge in [-0.25, -0.2) is 18.6 Å². The van der Waals surface area contributed by atoms with E-state index in [0.29, 0.717) is 29.4 Å². The fourth-order valence-corrected chi connectivity index (χ4v) is 4.59. The van der Waals surface area contributed by atoms with E-state index in [1.807, 2.05) is 12.1 Å². The van der Waals surface area contributed by atoms with Gasteiger partial charge in [0.2, 0.25) is 0 Å². The molecule has 1 aliphatic heterocycles. The molecule has 0 spiro atoms. The summed E-state index contributed by atoms with van der Waals surface area (Å²) in [6.07, 6.45) is -4.01. The Labute approximate surface area is 236 Å². The number of methoxy groups -OCH3 is 1. The van der Waals surface area contributed by atoms with Crippen LogP contribution >= 0.6 is 0 Å². The third kappa shape index (κ3) is 6.17. The van der Waals surface area contributed by atoms with Crippen LogP contribution in [0.25, 0.3) is 0 Å². The van der Waals surface area contributed by atoms with Gasteiger partial charge in [0.25, 0.3) is 0 Å². The molecule has 5 rings (SSSR count). The minimum atomic E-state index is -4.93. The molecule has 0 atom stereocenters. The summed E-state index contributed by atoms with van der Waals surface area (Å²) >= 11 is 0. The summed E-state index contributed by atoms with van der Waals surface area (Å²) in [6.45, 7) is 0.474. The molecule has 0 saturated heterocycles. The average Bonchev–Trinajstić information content (AvgIpc) is 2.95. The molecule has 42 heavy (non-hydrogen) atoms. The van der Waals surface area contributed by atoms with Crippen LogP contribution in [0, 0.1) is 11.6 Å². The quantitative estimate of drug-likeness (QED) is 0.171. The van der Waals surface area contributed by atoms with Crippen LogP contribution in [-0.4, -0.2) is 28.8 Å². The van der Waals surface area contributed by atoms with Crippen LogP contribution in [-0.2, 0) is 25.7 Å². The molecule has 7 nitrogen and oxygen atoms in total. The van der Waals surface area contributed by atoms with E-state index >= 15 is 4.39 Å². The van der Waals surface area contributed by atoms with Crippen molar-refractivity contribution >= 4 is 29.0 Å². The van der Waals surface area contributed by atoms with Crippen molar-refractivity contribution in [1.82, 2.24) is 9.88 Å². The lowest BCUT2D eigenvalue weighted by Crippen LogP contribution is -2.38. The number of benzene rings is 3. The number of amides is 2. The predicted molar refractivity (Wildman–Crippen MR) is 145 cm³/mol. The van der Waals surface area contributed by atoms with Crippen molar-refractivity contribution in [1.29, 1.82) is 0 Å². The van der Waals surface area contributed by atoms with Crippen molar-refractivity contribution in [2.75, 3.05) is 17.7 Å². The van der Waals surface area contributed by atoms with Crippen LogP contribution in [0.2, 0.25) is 0 Å². The Balaban J connectivity index is 1.33. The first-order chi connectivity index (χ1) is 20.0. The minimum Gasteiger partial charge on any atom is -0.497 e. The summed E-state index contributed by atoms with van der Waals surface area (Å²) in [4.78, 5) is 31.1. The van der Waals surface area contributed by atoms with Crippen LogP contribution in [0.3, 0.4) is 0 Å². The number of pyridine rings is 1. The molecule has 0 bridgehead atoms. The number of nitrogens with one attached hydrogen (secondary N) is 2. The number of anilines is 3. The predicted octanol–water partition coefficient (Wildman–Crippen LogP) is 7.10. The molecule has 0 unspecified atom stereocenters. The molecule has 2 heterocycles. The summed E-state index contributed by atoms with van der Waals surface area (Å²) in [6, 6.07) is 14.1. The molecule has 0 saturated carbocycles. The highest BCUT2D eigenvalue weighted by molar-refractivity contribution is 5.99. The first-order valence-electron chi connectivity index (χ1n) is 12.6. The molecular weight excluding hydrogens is 559 g/mol. The number of Topliss-reactive ketones (excluding diaryl/α,β-unsaturated/α-hetero) is 1. The second kappa shape index (κ2) is 11.5. The Bertz CT molecular complexity index is 1660. The lowest BCUT2D eigenvalue weighted by molar-refractivity contribution is -0.138. The Morgan fingerprint density at radius 3 is 2.43 bits per heavy atom. The Morgan fingerprint density at radius 2 is 1.74 bits per heavy atom. The molecule has 1 aliphatic rings. The van der Waals surface area contributed by atoms with E-state index in [1.54, 1.807) is 30.2 Å². The molecule has 3 aromatic carbocycles. The van der Waals surface area contributed by atoms with Crippen LogP contribution < -0.4 is 15.4 Å². The maximum absolute atomic E-state index is 15.1. The summed E-state index contributed by atoms with van der Waals surface area (Å²) in [5.74, 6) is -1.81. The van der Waals surface area contributed by atoms with Crippen LogP contribution in [0.5, 0.6) is 5.75 Å². The van der Waals surface area contributed by atoms with E-state index in [0.717, 1.165) is 23.8 Å². The molecule has 216 valence electrons. The van der Waals surface area contributed by atoms with Gasteiger partial charge in [-0.2, -0.15) is 13.2 Å².